The molecule has 0 radical (unpaired) electrons. The van der Waals surface area contributed by atoms with Gasteiger partial charge in [0.15, 0.2) is 0 Å². The molecule has 0 fully saturated rings. The molecule has 0 amide bonds. The molecule has 3 rings (SSSR count). The highest BCUT2D eigenvalue weighted by Gasteiger charge is 2.16. The molecule has 1 N–H and O–H groups in total. The first kappa shape index (κ1) is 18.5. The molecule has 25 heavy (non-hydrogen) atoms. The molecule has 0 aliphatic rings. The minimum Gasteiger partial charge on any atom is -0.726 e. The van der Waals surface area contributed by atoms with E-state index in [1.165, 1.54) is 0 Å². The topological polar surface area (TPSA) is 103 Å². The molecule has 1 heterocycles. The van der Waals surface area contributed by atoms with Crippen LogP contribution in [0.5, 0.6) is 0 Å². The van der Waals surface area contributed by atoms with Crippen molar-refractivity contribution in [1.29, 1.82) is 0 Å². The lowest BCUT2D eigenvalue weighted by atomic mass is 10.3. The summed E-state index contributed by atoms with van der Waals surface area (Å²) in [6.45, 7) is 1.93. The number of benzene rings is 2. The van der Waals surface area contributed by atoms with Gasteiger partial charge < -0.3 is 4.55 Å². The van der Waals surface area contributed by atoms with Crippen molar-refractivity contribution in [3.63, 3.8) is 0 Å². The fourth-order valence-electron chi connectivity index (χ4n) is 2.26. The molecule has 3 aromatic rings. The normalized spacial score (nSPS) is 10.7. The second-order valence-electron chi connectivity index (χ2n) is 5.04. The highest BCUT2D eigenvalue weighted by Crippen LogP contribution is 2.04. The molecular weight excluding hydrogens is 344 g/mol. The van der Waals surface area contributed by atoms with Gasteiger partial charge in [-0.25, -0.2) is 8.42 Å². The van der Waals surface area contributed by atoms with Crippen molar-refractivity contribution in [2.75, 3.05) is 0 Å². The highest BCUT2D eigenvalue weighted by atomic mass is 32.3. The minimum atomic E-state index is -4.92. The van der Waals surface area contributed by atoms with Gasteiger partial charge in [0.2, 0.25) is 10.4 Å². The third kappa shape index (κ3) is 5.35. The monoisotopic (exact) mass is 360 g/mol. The van der Waals surface area contributed by atoms with E-state index in [0.717, 1.165) is 17.1 Å². The Morgan fingerprint density at radius 1 is 0.960 bits per heavy atom. The summed E-state index contributed by atoms with van der Waals surface area (Å²) in [5.74, 6) is 0. The van der Waals surface area contributed by atoms with Gasteiger partial charge in [0.1, 0.15) is 23.3 Å². The van der Waals surface area contributed by atoms with Crippen molar-refractivity contribution < 1.29 is 22.1 Å². The third-order valence-electron chi connectivity index (χ3n) is 3.26. The van der Waals surface area contributed by atoms with E-state index in [-0.39, 0.29) is 5.69 Å². The average Bonchev–Trinajstić information content (AvgIpc) is 2.55. The smallest absolute Gasteiger partial charge is 0.508 e. The molecule has 0 saturated carbocycles. The molecule has 130 valence electrons. The van der Waals surface area contributed by atoms with E-state index in [9.17, 15) is 4.79 Å². The van der Waals surface area contributed by atoms with Gasteiger partial charge in [0.05, 0.1) is 0 Å². The Morgan fingerprint density at radius 2 is 1.44 bits per heavy atom. The van der Waals surface area contributed by atoms with Crippen LogP contribution in [0.2, 0.25) is 0 Å². The van der Waals surface area contributed by atoms with E-state index in [0.29, 0.717) is 0 Å². The Hall–Kier alpha value is -2.81. The van der Waals surface area contributed by atoms with Crippen LogP contribution in [0.15, 0.2) is 77.7 Å². The van der Waals surface area contributed by atoms with E-state index in [4.69, 9.17) is 17.5 Å². The van der Waals surface area contributed by atoms with E-state index >= 15 is 0 Å². The highest BCUT2D eigenvalue weighted by molar-refractivity contribution is 7.79. The maximum Gasteiger partial charge on any atom is 0.508 e. The van der Waals surface area contributed by atoms with Crippen molar-refractivity contribution in [2.24, 2.45) is 0 Å². The molecule has 2 aromatic carbocycles. The summed E-state index contributed by atoms with van der Waals surface area (Å²) in [6.07, 6.45) is 1.81. The van der Waals surface area contributed by atoms with Crippen LogP contribution in [0.3, 0.4) is 0 Å². The predicted octanol–water partition coefficient (Wildman–Crippen LogP) is 1.43. The number of rotatable bonds is 2. The van der Waals surface area contributed by atoms with Gasteiger partial charge in [0.25, 0.3) is 0 Å². The Balaban J connectivity index is 0.000000399. The van der Waals surface area contributed by atoms with Crippen LogP contribution in [-0.2, 0) is 10.4 Å². The summed E-state index contributed by atoms with van der Waals surface area (Å²) < 4.78 is 36.2. The lowest BCUT2D eigenvalue weighted by Crippen LogP contribution is -2.53. The zero-order chi connectivity index (χ0) is 18.4. The van der Waals surface area contributed by atoms with Crippen molar-refractivity contribution >= 4 is 10.4 Å². The zero-order valence-electron chi connectivity index (χ0n) is 13.3. The van der Waals surface area contributed by atoms with Crippen LogP contribution in [-0.4, -0.2) is 22.1 Å². The molecule has 0 spiro atoms. The third-order valence-corrected chi connectivity index (χ3v) is 3.26. The first-order valence-electron chi connectivity index (χ1n) is 7.21. The average molecular weight is 360 g/mol. The fraction of sp³-hybridized carbons (Fsp3) is 0.0588. The summed E-state index contributed by atoms with van der Waals surface area (Å²) in [6, 6.07) is 21.3. The second-order valence-corrected chi connectivity index (χ2v) is 5.90. The standard InChI is InChI=1S/C17H15N2O.H2O4S/c1-14-12-13-18(15-8-4-2-5-9-15)17(20)19(14)16-10-6-3-7-11-16;1-5(2,3)4/h2-13H,1H3;(H2,1,2,3,4)/q+1;/p-1. The Bertz CT molecular complexity index is 992. The lowest BCUT2D eigenvalue weighted by molar-refractivity contribution is -0.623. The molecule has 0 aliphatic heterocycles. The van der Waals surface area contributed by atoms with Crippen molar-refractivity contribution in [3.8, 4) is 11.4 Å². The van der Waals surface area contributed by atoms with Crippen LogP contribution >= 0.6 is 0 Å². The Labute approximate surface area is 145 Å². The van der Waals surface area contributed by atoms with Crippen LogP contribution in [0, 0.1) is 6.92 Å². The molecule has 0 atom stereocenters. The summed E-state index contributed by atoms with van der Waals surface area (Å²) in [5.41, 5.74) is 2.58. The van der Waals surface area contributed by atoms with Crippen molar-refractivity contribution in [3.05, 3.63) is 89.1 Å². The van der Waals surface area contributed by atoms with Crippen LogP contribution < -0.4 is 10.3 Å². The summed E-state index contributed by atoms with van der Waals surface area (Å²) in [4.78, 5) is 12.7. The Kier molecular flexibility index (Phi) is 5.81. The first-order chi connectivity index (χ1) is 11.8. The van der Waals surface area contributed by atoms with E-state index in [2.05, 4.69) is 0 Å². The van der Waals surface area contributed by atoms with Gasteiger partial charge in [-0.3, -0.25) is 4.55 Å². The van der Waals surface area contributed by atoms with Crippen LogP contribution in [0.4, 0.5) is 0 Å². The summed E-state index contributed by atoms with van der Waals surface area (Å²) >= 11 is 0. The van der Waals surface area contributed by atoms with Gasteiger partial charge in [0, 0.05) is 6.07 Å². The molecular formula is C17H16N2O5S. The number of nitrogens with zero attached hydrogens (tertiary/aromatic N) is 2. The number of para-hydroxylation sites is 2. The molecule has 0 bridgehead atoms. The largest absolute Gasteiger partial charge is 0.726 e. The van der Waals surface area contributed by atoms with Gasteiger partial charge >= 0.3 is 5.69 Å². The van der Waals surface area contributed by atoms with Crippen molar-refractivity contribution in [1.82, 2.24) is 4.57 Å². The van der Waals surface area contributed by atoms with Crippen molar-refractivity contribution in [2.45, 2.75) is 6.92 Å². The molecule has 0 unspecified atom stereocenters. The molecule has 8 heteroatoms. The quantitative estimate of drug-likeness (QED) is 0.423. The maximum absolute atomic E-state index is 12.7. The van der Waals surface area contributed by atoms with Crippen LogP contribution in [0.25, 0.3) is 11.4 Å². The lowest BCUT2D eigenvalue weighted by Gasteiger charge is -2.05. The van der Waals surface area contributed by atoms with Crippen LogP contribution in [0.1, 0.15) is 5.69 Å². The van der Waals surface area contributed by atoms with E-state index < -0.39 is 10.4 Å². The number of hydrogen-bond donors (Lipinski definition) is 1. The predicted molar refractivity (Wildman–Crippen MR) is 90.6 cm³/mol. The summed E-state index contributed by atoms with van der Waals surface area (Å²) in [5, 5.41) is 0. The number of aryl methyl sites for hydroxylation is 1. The Morgan fingerprint density at radius 3 is 1.96 bits per heavy atom. The van der Waals surface area contributed by atoms with Gasteiger partial charge in [-0.15, -0.1) is 0 Å². The fourth-order valence-corrected chi connectivity index (χ4v) is 2.26. The number of aromatic nitrogens is 2. The van der Waals surface area contributed by atoms with E-state index in [1.807, 2.05) is 79.9 Å². The second kappa shape index (κ2) is 7.84. The summed E-state index contributed by atoms with van der Waals surface area (Å²) in [7, 11) is -4.92. The van der Waals surface area contributed by atoms with E-state index in [1.54, 1.807) is 9.13 Å². The minimum absolute atomic E-state index is 0.0672. The molecule has 1 aromatic heterocycles. The maximum atomic E-state index is 12.7. The number of hydrogen-bond acceptors (Lipinski definition) is 4. The first-order valence-corrected chi connectivity index (χ1v) is 8.57. The molecule has 0 aliphatic carbocycles. The molecule has 7 nitrogen and oxygen atoms in total. The zero-order valence-corrected chi connectivity index (χ0v) is 14.1. The van der Waals surface area contributed by atoms with Gasteiger partial charge in [-0.05, 0) is 31.2 Å². The molecule has 0 saturated heterocycles. The van der Waals surface area contributed by atoms with Gasteiger partial charge in [-0.1, -0.05) is 36.4 Å². The SMILES string of the molecule is Cc1ccn(-c2ccccc2)c(=O)[n+]1-c1ccccc1.O=S(=O)([O-])O. The van der Waals surface area contributed by atoms with Gasteiger partial charge in [-0.2, -0.15) is 13.9 Å².